The van der Waals surface area contributed by atoms with E-state index in [0.29, 0.717) is 19.5 Å². The fourth-order valence-electron chi connectivity index (χ4n) is 5.55. The van der Waals surface area contributed by atoms with Crippen LogP contribution >= 0.6 is 0 Å². The molecule has 1 aromatic carbocycles. The molecular formula is C24H26N6O4. The lowest BCUT2D eigenvalue weighted by atomic mass is 9.73. The Morgan fingerprint density at radius 3 is 2.65 bits per heavy atom. The zero-order valence-corrected chi connectivity index (χ0v) is 18.8. The molecule has 4 heterocycles. The number of rotatable bonds is 4. The normalized spacial score (nSPS) is 23.7. The van der Waals surface area contributed by atoms with Crippen LogP contribution in [0.3, 0.4) is 0 Å². The molecule has 1 spiro atoms. The summed E-state index contributed by atoms with van der Waals surface area (Å²) in [4.78, 5) is 37.7. The molecule has 2 N–H and O–H groups in total. The molecule has 0 unspecified atom stereocenters. The van der Waals surface area contributed by atoms with Crippen LogP contribution in [0.1, 0.15) is 36.4 Å². The Morgan fingerprint density at radius 2 is 2.00 bits per heavy atom. The lowest BCUT2D eigenvalue weighted by molar-refractivity contribution is -0.139. The molecule has 0 bridgehead atoms. The van der Waals surface area contributed by atoms with Crippen molar-refractivity contribution in [1.29, 1.82) is 0 Å². The van der Waals surface area contributed by atoms with Gasteiger partial charge in [-0.1, -0.05) is 18.2 Å². The average molecular weight is 463 g/mol. The number of nitrogens with one attached hydrogen (secondary N) is 1. The third kappa shape index (κ3) is 3.28. The Labute approximate surface area is 196 Å². The van der Waals surface area contributed by atoms with Crippen LogP contribution in [0.2, 0.25) is 0 Å². The van der Waals surface area contributed by atoms with E-state index in [-0.39, 0.29) is 24.3 Å². The summed E-state index contributed by atoms with van der Waals surface area (Å²) in [7, 11) is 1.86. The van der Waals surface area contributed by atoms with Gasteiger partial charge in [0.25, 0.3) is 6.47 Å². The SMILES string of the molecule is Cn1cc([C@@H]2N(C(=O)C3(Cn4cccn4)CC3)CC[C@]23C(=O)Nc2ccccc23)cn1.O=CO. The molecule has 1 saturated heterocycles. The highest BCUT2D eigenvalue weighted by atomic mass is 16.3. The Morgan fingerprint density at radius 1 is 1.24 bits per heavy atom. The molecule has 1 saturated carbocycles. The van der Waals surface area contributed by atoms with Gasteiger partial charge in [-0.3, -0.25) is 23.7 Å². The van der Waals surface area contributed by atoms with Crippen LogP contribution in [0.15, 0.2) is 55.1 Å². The lowest BCUT2D eigenvalue weighted by Crippen LogP contribution is -2.45. The topological polar surface area (TPSA) is 122 Å². The van der Waals surface area contributed by atoms with Gasteiger partial charge in [-0.25, -0.2) is 0 Å². The highest BCUT2D eigenvalue weighted by Crippen LogP contribution is 2.58. The van der Waals surface area contributed by atoms with Gasteiger partial charge in [-0.15, -0.1) is 0 Å². The third-order valence-electron chi connectivity index (χ3n) is 7.22. The van der Waals surface area contributed by atoms with Gasteiger partial charge in [0.2, 0.25) is 11.8 Å². The molecule has 34 heavy (non-hydrogen) atoms. The molecule has 6 rings (SSSR count). The molecule has 10 heteroatoms. The molecule has 0 radical (unpaired) electrons. The van der Waals surface area contributed by atoms with Crippen LogP contribution in [0.4, 0.5) is 5.69 Å². The van der Waals surface area contributed by atoms with E-state index in [2.05, 4.69) is 15.5 Å². The number of carboxylic acid groups (broad SMARTS) is 1. The number of amides is 2. The third-order valence-corrected chi connectivity index (χ3v) is 7.22. The van der Waals surface area contributed by atoms with E-state index < -0.39 is 10.8 Å². The second-order valence-electron chi connectivity index (χ2n) is 9.16. The van der Waals surface area contributed by atoms with Gasteiger partial charge < -0.3 is 15.3 Å². The molecule has 3 aromatic rings. The average Bonchev–Trinajstić information content (AvgIpc) is 3.21. The largest absolute Gasteiger partial charge is 0.483 e. The molecule has 2 aliphatic heterocycles. The molecule has 1 aliphatic carbocycles. The van der Waals surface area contributed by atoms with Crippen LogP contribution < -0.4 is 5.32 Å². The highest BCUT2D eigenvalue weighted by Gasteiger charge is 2.63. The van der Waals surface area contributed by atoms with Crippen molar-refractivity contribution in [3.8, 4) is 0 Å². The highest BCUT2D eigenvalue weighted by molar-refractivity contribution is 6.08. The van der Waals surface area contributed by atoms with E-state index in [0.717, 1.165) is 29.7 Å². The van der Waals surface area contributed by atoms with E-state index in [1.54, 1.807) is 17.1 Å². The lowest BCUT2D eigenvalue weighted by Gasteiger charge is -2.35. The smallest absolute Gasteiger partial charge is 0.290 e. The summed E-state index contributed by atoms with van der Waals surface area (Å²) in [5.41, 5.74) is 1.48. The van der Waals surface area contributed by atoms with Crippen LogP contribution in [0, 0.1) is 5.41 Å². The van der Waals surface area contributed by atoms with Crippen molar-refractivity contribution in [1.82, 2.24) is 24.5 Å². The minimum absolute atomic E-state index is 0.0326. The van der Waals surface area contributed by atoms with Crippen molar-refractivity contribution in [2.75, 3.05) is 11.9 Å². The quantitative estimate of drug-likeness (QED) is 0.572. The number of benzene rings is 1. The number of anilines is 1. The van der Waals surface area contributed by atoms with Crippen LogP contribution in [0.25, 0.3) is 0 Å². The number of aromatic nitrogens is 4. The summed E-state index contributed by atoms with van der Waals surface area (Å²) < 4.78 is 3.58. The van der Waals surface area contributed by atoms with Crippen molar-refractivity contribution in [2.45, 2.75) is 37.3 Å². The first kappa shape index (κ1) is 21.9. The van der Waals surface area contributed by atoms with Gasteiger partial charge in [0.05, 0.1) is 24.2 Å². The summed E-state index contributed by atoms with van der Waals surface area (Å²) in [6.45, 7) is 0.867. The summed E-state index contributed by atoms with van der Waals surface area (Å²) in [5.74, 6) is 0.0840. The monoisotopic (exact) mass is 462 g/mol. The molecule has 176 valence electrons. The Kier molecular flexibility index (Phi) is 5.22. The maximum absolute atomic E-state index is 13.9. The first-order chi connectivity index (χ1) is 16.4. The van der Waals surface area contributed by atoms with E-state index >= 15 is 0 Å². The maximum atomic E-state index is 13.9. The van der Waals surface area contributed by atoms with Crippen molar-refractivity contribution in [2.24, 2.45) is 12.5 Å². The molecule has 2 atom stereocenters. The fourth-order valence-corrected chi connectivity index (χ4v) is 5.55. The van der Waals surface area contributed by atoms with Gasteiger partial charge in [0, 0.05) is 43.4 Å². The molecule has 3 aliphatic rings. The van der Waals surface area contributed by atoms with Crippen LogP contribution in [0.5, 0.6) is 0 Å². The number of carbonyl (C=O) groups is 3. The molecule has 2 amide bonds. The second-order valence-corrected chi connectivity index (χ2v) is 9.16. The number of carbonyl (C=O) groups excluding carboxylic acids is 2. The van der Waals surface area contributed by atoms with Crippen LogP contribution in [-0.2, 0) is 33.4 Å². The molecule has 2 aromatic heterocycles. The van der Waals surface area contributed by atoms with Gasteiger partial charge >= 0.3 is 0 Å². The van der Waals surface area contributed by atoms with E-state index in [9.17, 15) is 9.59 Å². The predicted molar refractivity (Wildman–Crippen MR) is 122 cm³/mol. The van der Waals surface area contributed by atoms with E-state index in [4.69, 9.17) is 9.90 Å². The summed E-state index contributed by atoms with van der Waals surface area (Å²) in [6, 6.07) is 9.34. The number of nitrogens with zero attached hydrogens (tertiary/aromatic N) is 5. The van der Waals surface area contributed by atoms with E-state index in [1.165, 1.54) is 0 Å². The molecule has 2 fully saturated rings. The molecule has 10 nitrogen and oxygen atoms in total. The van der Waals surface area contributed by atoms with Crippen LogP contribution in [-0.4, -0.2) is 54.4 Å². The number of hydrogen-bond acceptors (Lipinski definition) is 5. The number of likely N-dealkylation sites (tertiary alicyclic amines) is 1. The number of aryl methyl sites for hydroxylation is 1. The number of hydrogen-bond donors (Lipinski definition) is 2. The predicted octanol–water partition coefficient (Wildman–Crippen LogP) is 1.96. The van der Waals surface area contributed by atoms with Crippen molar-refractivity contribution in [3.05, 3.63) is 66.2 Å². The van der Waals surface area contributed by atoms with Crippen molar-refractivity contribution < 1.29 is 19.5 Å². The first-order valence-electron chi connectivity index (χ1n) is 11.2. The van der Waals surface area contributed by atoms with Crippen molar-refractivity contribution >= 4 is 24.0 Å². The Bertz CT molecular complexity index is 1230. The second kappa shape index (κ2) is 8.12. The van der Waals surface area contributed by atoms with Gasteiger partial charge in [0.15, 0.2) is 0 Å². The first-order valence-corrected chi connectivity index (χ1v) is 11.2. The summed E-state index contributed by atoms with van der Waals surface area (Å²) in [5, 5.41) is 18.6. The zero-order valence-electron chi connectivity index (χ0n) is 18.8. The fraction of sp³-hybridized carbons (Fsp3) is 0.375. The van der Waals surface area contributed by atoms with Gasteiger partial charge in [-0.2, -0.15) is 10.2 Å². The zero-order chi connectivity index (χ0) is 23.9. The summed E-state index contributed by atoms with van der Waals surface area (Å²) in [6.07, 6.45) is 9.65. The Balaban J connectivity index is 0.000000764. The number of fused-ring (bicyclic) bond motifs is 2. The van der Waals surface area contributed by atoms with Crippen molar-refractivity contribution in [3.63, 3.8) is 0 Å². The maximum Gasteiger partial charge on any atom is 0.290 e. The Hall–Kier alpha value is -3.95. The van der Waals surface area contributed by atoms with E-state index in [1.807, 2.05) is 59.4 Å². The minimum Gasteiger partial charge on any atom is -0.483 e. The van der Waals surface area contributed by atoms with Gasteiger partial charge in [-0.05, 0) is 37.0 Å². The summed E-state index contributed by atoms with van der Waals surface area (Å²) >= 11 is 0. The minimum atomic E-state index is -0.795. The standard InChI is InChI=1S/C23H24N6O2.CH2O2/c1-27-14-16(13-25-27)19-23(17-5-2-3-6-18(17)26-20(23)30)9-12-29(19)21(31)22(7-8-22)15-28-11-4-10-24-28;2-1-3/h2-6,10-11,13-14,19H,7-9,12,15H2,1H3,(H,26,30);1H,(H,2,3)/t19-,23+;/m0./s1. The number of para-hydroxylation sites is 1. The molecular weight excluding hydrogens is 436 g/mol. The van der Waals surface area contributed by atoms with Gasteiger partial charge in [0.1, 0.15) is 5.41 Å².